The van der Waals surface area contributed by atoms with Gasteiger partial charge in [0, 0.05) is 20.0 Å². The summed E-state index contributed by atoms with van der Waals surface area (Å²) in [5, 5.41) is 0. The largest absolute Gasteiger partial charge is 0.466 e. The number of rotatable bonds is 4. The molecule has 4 heteroatoms. The average molecular weight is 248 g/mol. The molecule has 0 aliphatic heterocycles. The van der Waals surface area contributed by atoms with Gasteiger partial charge in [0.1, 0.15) is 17.3 Å². The summed E-state index contributed by atoms with van der Waals surface area (Å²) >= 11 is 0. The van der Waals surface area contributed by atoms with Crippen molar-refractivity contribution < 1.29 is 8.81 Å². The number of hydrogen-bond acceptors (Lipinski definition) is 3. The number of hydrogen-bond donors (Lipinski definition) is 1. The fourth-order valence-electron chi connectivity index (χ4n) is 1.94. The molecule has 0 fully saturated rings. The lowest BCUT2D eigenvalue weighted by Gasteiger charge is -2.21. The van der Waals surface area contributed by atoms with Crippen LogP contribution in [-0.4, -0.2) is 13.6 Å². The number of likely N-dealkylation sites (N-methyl/N-ethyl adjacent to an activating group) is 1. The van der Waals surface area contributed by atoms with Gasteiger partial charge in [0.05, 0.1) is 11.4 Å². The summed E-state index contributed by atoms with van der Waals surface area (Å²) in [6.45, 7) is 2.56. The molecule has 0 amide bonds. The maximum atomic E-state index is 13.7. The molecule has 0 atom stereocenters. The highest BCUT2D eigenvalue weighted by atomic mass is 19.1. The van der Waals surface area contributed by atoms with Crippen LogP contribution in [0.1, 0.15) is 11.5 Å². The van der Waals surface area contributed by atoms with Gasteiger partial charge in [-0.15, -0.1) is 0 Å². The van der Waals surface area contributed by atoms with Crippen LogP contribution >= 0.6 is 0 Å². The Kier molecular flexibility index (Phi) is 3.55. The molecule has 0 saturated heterocycles. The lowest BCUT2D eigenvalue weighted by atomic mass is 10.2. The summed E-state index contributed by atoms with van der Waals surface area (Å²) in [6, 6.07) is 8.59. The summed E-state index contributed by atoms with van der Waals surface area (Å²) in [5.74, 6) is 1.49. The van der Waals surface area contributed by atoms with Crippen LogP contribution in [0.25, 0.3) is 0 Å². The molecule has 2 aromatic rings. The maximum absolute atomic E-state index is 13.7. The van der Waals surface area contributed by atoms with E-state index in [2.05, 4.69) is 0 Å². The Labute approximate surface area is 106 Å². The van der Waals surface area contributed by atoms with Crippen LogP contribution in [0, 0.1) is 12.7 Å². The monoisotopic (exact) mass is 248 g/mol. The average Bonchev–Trinajstić information content (AvgIpc) is 2.72. The molecule has 0 bridgehead atoms. The third-order valence-electron chi connectivity index (χ3n) is 2.89. The predicted molar refractivity (Wildman–Crippen MR) is 71.2 cm³/mol. The van der Waals surface area contributed by atoms with E-state index in [1.807, 2.05) is 31.0 Å². The molecular weight excluding hydrogens is 231 g/mol. The van der Waals surface area contributed by atoms with E-state index in [1.54, 1.807) is 12.1 Å². The summed E-state index contributed by atoms with van der Waals surface area (Å²) < 4.78 is 19.2. The molecule has 18 heavy (non-hydrogen) atoms. The number of aryl methyl sites for hydroxylation is 1. The Balaban J connectivity index is 2.06. The van der Waals surface area contributed by atoms with Crippen molar-refractivity contribution >= 4 is 11.4 Å². The summed E-state index contributed by atoms with van der Waals surface area (Å²) in [4.78, 5) is 1.81. The van der Waals surface area contributed by atoms with Gasteiger partial charge in [0.15, 0.2) is 0 Å². The number of benzene rings is 1. The molecular formula is C14H17FN2O. The minimum absolute atomic E-state index is 0.298. The smallest absolute Gasteiger partial charge is 0.148 e. The molecule has 3 nitrogen and oxygen atoms in total. The van der Waals surface area contributed by atoms with Crippen LogP contribution < -0.4 is 10.6 Å². The van der Waals surface area contributed by atoms with E-state index in [0.29, 0.717) is 17.9 Å². The first kappa shape index (κ1) is 12.5. The predicted octanol–water partition coefficient (Wildman–Crippen LogP) is 2.99. The third kappa shape index (κ3) is 2.64. The van der Waals surface area contributed by atoms with Crippen molar-refractivity contribution in [3.63, 3.8) is 0 Å². The van der Waals surface area contributed by atoms with Gasteiger partial charge in [0.25, 0.3) is 0 Å². The standard InChI is InChI=1S/C14H17FN2O/c1-10-6-7-11(18-10)8-9-17(2)14-12(15)4-3-5-13(14)16/h3-7H,8-9,16H2,1-2H3. The van der Waals surface area contributed by atoms with Crippen molar-refractivity contribution in [3.05, 3.63) is 47.7 Å². The van der Waals surface area contributed by atoms with Crippen molar-refractivity contribution in [3.8, 4) is 0 Å². The molecule has 96 valence electrons. The molecule has 0 aliphatic rings. The number of nitrogen functional groups attached to an aromatic ring is 1. The zero-order chi connectivity index (χ0) is 13.1. The summed E-state index contributed by atoms with van der Waals surface area (Å²) in [5.41, 5.74) is 6.69. The molecule has 0 spiro atoms. The Morgan fingerprint density at radius 2 is 2.06 bits per heavy atom. The minimum atomic E-state index is -0.298. The Hall–Kier alpha value is -1.97. The van der Waals surface area contributed by atoms with Gasteiger partial charge < -0.3 is 15.1 Å². The van der Waals surface area contributed by atoms with Gasteiger partial charge in [-0.25, -0.2) is 4.39 Å². The van der Waals surface area contributed by atoms with Gasteiger partial charge in [-0.05, 0) is 31.2 Å². The van der Waals surface area contributed by atoms with Crippen molar-refractivity contribution in [2.75, 3.05) is 24.2 Å². The molecule has 0 aliphatic carbocycles. The molecule has 0 unspecified atom stereocenters. The van der Waals surface area contributed by atoms with Crippen LogP contribution in [0.15, 0.2) is 34.7 Å². The zero-order valence-corrected chi connectivity index (χ0v) is 10.6. The Morgan fingerprint density at radius 3 is 2.67 bits per heavy atom. The highest BCUT2D eigenvalue weighted by molar-refractivity contribution is 5.67. The maximum Gasteiger partial charge on any atom is 0.148 e. The first-order chi connectivity index (χ1) is 8.58. The second-order valence-corrected chi connectivity index (χ2v) is 4.36. The van der Waals surface area contributed by atoms with Gasteiger partial charge in [-0.1, -0.05) is 6.07 Å². The molecule has 2 N–H and O–H groups in total. The number of anilines is 2. The Bertz CT molecular complexity index is 516. The van der Waals surface area contributed by atoms with Crippen LogP contribution in [0.2, 0.25) is 0 Å². The minimum Gasteiger partial charge on any atom is -0.466 e. The lowest BCUT2D eigenvalue weighted by Crippen LogP contribution is -2.22. The van der Waals surface area contributed by atoms with Crippen molar-refractivity contribution in [2.24, 2.45) is 0 Å². The van der Waals surface area contributed by atoms with Gasteiger partial charge in [0.2, 0.25) is 0 Å². The van der Waals surface area contributed by atoms with E-state index < -0.39 is 0 Å². The fourth-order valence-corrected chi connectivity index (χ4v) is 1.94. The van der Waals surface area contributed by atoms with E-state index in [0.717, 1.165) is 17.9 Å². The summed E-state index contributed by atoms with van der Waals surface area (Å²) in [6.07, 6.45) is 0.720. The van der Waals surface area contributed by atoms with Crippen molar-refractivity contribution in [1.82, 2.24) is 0 Å². The van der Waals surface area contributed by atoms with Gasteiger partial charge >= 0.3 is 0 Å². The van der Waals surface area contributed by atoms with E-state index in [9.17, 15) is 4.39 Å². The highest BCUT2D eigenvalue weighted by Crippen LogP contribution is 2.25. The number of furan rings is 1. The number of halogens is 1. The van der Waals surface area contributed by atoms with Crippen LogP contribution in [0.4, 0.5) is 15.8 Å². The highest BCUT2D eigenvalue weighted by Gasteiger charge is 2.11. The molecule has 1 aromatic carbocycles. The van der Waals surface area contributed by atoms with E-state index in [1.165, 1.54) is 6.07 Å². The topological polar surface area (TPSA) is 42.4 Å². The SMILES string of the molecule is Cc1ccc(CCN(C)c2c(N)cccc2F)o1. The number of para-hydroxylation sites is 1. The summed E-state index contributed by atoms with van der Waals surface area (Å²) in [7, 11) is 1.82. The zero-order valence-electron chi connectivity index (χ0n) is 10.6. The second-order valence-electron chi connectivity index (χ2n) is 4.36. The molecule has 0 saturated carbocycles. The van der Waals surface area contributed by atoms with E-state index in [4.69, 9.17) is 10.2 Å². The van der Waals surface area contributed by atoms with Crippen LogP contribution in [-0.2, 0) is 6.42 Å². The lowest BCUT2D eigenvalue weighted by molar-refractivity contribution is 0.482. The van der Waals surface area contributed by atoms with E-state index >= 15 is 0 Å². The quantitative estimate of drug-likeness (QED) is 0.846. The van der Waals surface area contributed by atoms with Crippen LogP contribution in [0.3, 0.4) is 0 Å². The molecule has 0 radical (unpaired) electrons. The molecule has 1 aromatic heterocycles. The van der Waals surface area contributed by atoms with Crippen molar-refractivity contribution in [2.45, 2.75) is 13.3 Å². The van der Waals surface area contributed by atoms with E-state index in [-0.39, 0.29) is 5.82 Å². The van der Waals surface area contributed by atoms with Gasteiger partial charge in [-0.3, -0.25) is 0 Å². The van der Waals surface area contributed by atoms with Crippen molar-refractivity contribution in [1.29, 1.82) is 0 Å². The molecule has 2 rings (SSSR count). The van der Waals surface area contributed by atoms with Gasteiger partial charge in [-0.2, -0.15) is 0 Å². The first-order valence-corrected chi connectivity index (χ1v) is 5.88. The third-order valence-corrected chi connectivity index (χ3v) is 2.89. The fraction of sp³-hybridized carbons (Fsp3) is 0.286. The Morgan fingerprint density at radius 1 is 1.28 bits per heavy atom. The second kappa shape index (κ2) is 5.12. The normalized spacial score (nSPS) is 10.6. The number of nitrogens with two attached hydrogens (primary N) is 1. The van der Waals surface area contributed by atoms with Crippen LogP contribution in [0.5, 0.6) is 0 Å². The molecule has 1 heterocycles. The first-order valence-electron chi connectivity index (χ1n) is 5.88. The number of nitrogens with zero attached hydrogens (tertiary/aromatic N) is 1.